The Balaban J connectivity index is 1.52. The van der Waals surface area contributed by atoms with Crippen molar-refractivity contribution in [1.29, 1.82) is 0 Å². The standard InChI is InChI=1S/C26H20F2N2O2/c1-17-14-18(6-13-24(17)27)15-23(26(31)30-28)19-8-11-22(12-9-19)32-16-21-10-7-20-4-2-3-5-25(20)29-21/h2-15H,16H2,1H3,(H,30,31)/b23-15+. The number of amides is 1. The number of aromatic nitrogens is 1. The third-order valence-electron chi connectivity index (χ3n) is 5.03. The summed E-state index contributed by atoms with van der Waals surface area (Å²) < 4.78 is 32.3. The van der Waals surface area contributed by atoms with Crippen LogP contribution in [0.2, 0.25) is 0 Å². The molecule has 0 spiro atoms. The van der Waals surface area contributed by atoms with E-state index in [1.54, 1.807) is 37.3 Å². The molecule has 0 bridgehead atoms. The van der Waals surface area contributed by atoms with E-state index in [2.05, 4.69) is 4.98 Å². The Morgan fingerprint density at radius 2 is 1.81 bits per heavy atom. The summed E-state index contributed by atoms with van der Waals surface area (Å²) in [6.45, 7) is 1.91. The van der Waals surface area contributed by atoms with Crippen LogP contribution >= 0.6 is 0 Å². The van der Waals surface area contributed by atoms with Gasteiger partial charge in [0.2, 0.25) is 0 Å². The van der Waals surface area contributed by atoms with Crippen LogP contribution in [0.3, 0.4) is 0 Å². The van der Waals surface area contributed by atoms with Crippen LogP contribution in [0.25, 0.3) is 22.6 Å². The summed E-state index contributed by atoms with van der Waals surface area (Å²) in [5.41, 5.74) is 4.48. The van der Waals surface area contributed by atoms with Crippen molar-refractivity contribution in [3.8, 4) is 5.75 Å². The van der Waals surface area contributed by atoms with Crippen molar-refractivity contribution in [1.82, 2.24) is 10.5 Å². The quantitative estimate of drug-likeness (QED) is 0.239. The van der Waals surface area contributed by atoms with Crippen molar-refractivity contribution >= 4 is 28.5 Å². The largest absolute Gasteiger partial charge is 0.487 e. The SMILES string of the molecule is Cc1cc(/C=C(/C(=O)NF)c2ccc(OCc3ccc4ccccc4n3)cc2)ccc1F. The number of ether oxygens (including phenoxy) is 1. The molecule has 0 fully saturated rings. The number of benzene rings is 3. The molecule has 6 heteroatoms. The number of pyridine rings is 1. The second-order valence-corrected chi connectivity index (χ2v) is 7.30. The molecule has 0 saturated carbocycles. The molecule has 1 aromatic heterocycles. The van der Waals surface area contributed by atoms with Crippen molar-refractivity contribution in [2.75, 3.05) is 0 Å². The van der Waals surface area contributed by atoms with Crippen LogP contribution in [0.15, 0.2) is 78.9 Å². The van der Waals surface area contributed by atoms with Gasteiger partial charge in [0.25, 0.3) is 5.91 Å². The van der Waals surface area contributed by atoms with Gasteiger partial charge in [0.1, 0.15) is 18.2 Å². The molecule has 4 aromatic rings. The first kappa shape index (κ1) is 21.2. The number of hydrogen-bond donors (Lipinski definition) is 1. The molecule has 0 unspecified atom stereocenters. The molecular weight excluding hydrogens is 410 g/mol. The lowest BCUT2D eigenvalue weighted by Gasteiger charge is -2.09. The van der Waals surface area contributed by atoms with Gasteiger partial charge in [-0.1, -0.05) is 46.9 Å². The summed E-state index contributed by atoms with van der Waals surface area (Å²) in [5, 5.41) is 1.06. The third-order valence-corrected chi connectivity index (χ3v) is 5.03. The Labute approximate surface area is 184 Å². The molecule has 0 aliphatic heterocycles. The van der Waals surface area contributed by atoms with E-state index in [-0.39, 0.29) is 18.0 Å². The van der Waals surface area contributed by atoms with Crippen molar-refractivity contribution in [2.24, 2.45) is 0 Å². The minimum absolute atomic E-state index is 0.112. The van der Waals surface area contributed by atoms with Crippen LogP contribution in [0.4, 0.5) is 8.87 Å². The van der Waals surface area contributed by atoms with Crippen molar-refractivity contribution in [2.45, 2.75) is 13.5 Å². The second-order valence-electron chi connectivity index (χ2n) is 7.30. The maximum absolute atomic E-state index is 13.5. The van der Waals surface area contributed by atoms with Crippen molar-refractivity contribution in [3.63, 3.8) is 0 Å². The van der Waals surface area contributed by atoms with E-state index in [0.717, 1.165) is 22.1 Å². The molecule has 160 valence electrons. The molecule has 1 N–H and O–H groups in total. The number of nitrogens with one attached hydrogen (secondary N) is 1. The highest BCUT2D eigenvalue weighted by atomic mass is 19.2. The van der Waals surface area contributed by atoms with Gasteiger partial charge in [-0.05, 0) is 66.1 Å². The predicted molar refractivity (Wildman–Crippen MR) is 121 cm³/mol. The number of halogens is 2. The van der Waals surface area contributed by atoms with Gasteiger partial charge in [-0.3, -0.25) is 4.79 Å². The minimum atomic E-state index is -0.888. The van der Waals surface area contributed by atoms with E-state index in [0.29, 0.717) is 22.4 Å². The summed E-state index contributed by atoms with van der Waals surface area (Å²) in [4.78, 5) is 16.7. The fourth-order valence-corrected chi connectivity index (χ4v) is 3.33. The molecule has 0 aliphatic rings. The average Bonchev–Trinajstić information content (AvgIpc) is 2.83. The Kier molecular flexibility index (Phi) is 6.22. The van der Waals surface area contributed by atoms with Gasteiger partial charge in [0.05, 0.1) is 11.2 Å². The molecular formula is C26H20F2N2O2. The molecule has 1 heterocycles. The molecule has 0 aliphatic carbocycles. The van der Waals surface area contributed by atoms with Crippen molar-refractivity contribution in [3.05, 3.63) is 107 Å². The molecule has 32 heavy (non-hydrogen) atoms. The number of fused-ring (bicyclic) bond motifs is 1. The molecule has 0 radical (unpaired) electrons. The summed E-state index contributed by atoms with van der Waals surface area (Å²) in [6.07, 6.45) is 1.51. The summed E-state index contributed by atoms with van der Waals surface area (Å²) in [6, 6.07) is 22.9. The molecule has 0 atom stereocenters. The minimum Gasteiger partial charge on any atom is -0.487 e. The maximum atomic E-state index is 13.5. The zero-order chi connectivity index (χ0) is 22.5. The van der Waals surface area contributed by atoms with Gasteiger partial charge in [-0.15, -0.1) is 0 Å². The topological polar surface area (TPSA) is 51.2 Å². The highest BCUT2D eigenvalue weighted by Crippen LogP contribution is 2.23. The fourth-order valence-electron chi connectivity index (χ4n) is 3.33. The average molecular weight is 430 g/mol. The molecule has 0 saturated heterocycles. The Morgan fingerprint density at radius 1 is 1.03 bits per heavy atom. The van der Waals surface area contributed by atoms with E-state index in [9.17, 15) is 13.7 Å². The lowest BCUT2D eigenvalue weighted by molar-refractivity contribution is -0.119. The van der Waals surface area contributed by atoms with Gasteiger partial charge in [0.15, 0.2) is 0 Å². The zero-order valence-electron chi connectivity index (χ0n) is 17.3. The molecule has 1 amide bonds. The van der Waals surface area contributed by atoms with Gasteiger partial charge < -0.3 is 4.74 Å². The van der Waals surface area contributed by atoms with E-state index in [1.165, 1.54) is 18.2 Å². The summed E-state index contributed by atoms with van der Waals surface area (Å²) >= 11 is 0. The van der Waals surface area contributed by atoms with E-state index < -0.39 is 5.91 Å². The summed E-state index contributed by atoms with van der Waals surface area (Å²) in [7, 11) is 0. The highest BCUT2D eigenvalue weighted by molar-refractivity contribution is 6.23. The van der Waals surface area contributed by atoms with Gasteiger partial charge in [0, 0.05) is 11.0 Å². The lowest BCUT2D eigenvalue weighted by atomic mass is 10.0. The number of rotatable bonds is 6. The van der Waals surface area contributed by atoms with Crippen LogP contribution in [0.1, 0.15) is 22.4 Å². The van der Waals surface area contributed by atoms with Crippen molar-refractivity contribution < 1.29 is 18.4 Å². The van der Waals surface area contributed by atoms with E-state index >= 15 is 0 Å². The number of para-hydroxylation sites is 1. The Bertz CT molecular complexity index is 1300. The maximum Gasteiger partial charge on any atom is 0.279 e. The smallest absolute Gasteiger partial charge is 0.279 e. The summed E-state index contributed by atoms with van der Waals surface area (Å²) in [5.74, 6) is -0.650. The zero-order valence-corrected chi connectivity index (χ0v) is 17.3. The Morgan fingerprint density at radius 3 is 2.56 bits per heavy atom. The van der Waals surface area contributed by atoms with Gasteiger partial charge in [-0.2, -0.15) is 5.54 Å². The van der Waals surface area contributed by atoms with E-state index in [4.69, 9.17) is 4.74 Å². The third kappa shape index (κ3) is 4.81. The molecule has 4 rings (SSSR count). The number of hydrogen-bond acceptors (Lipinski definition) is 3. The Hall–Kier alpha value is -4.06. The normalized spacial score (nSPS) is 11.4. The van der Waals surface area contributed by atoms with Gasteiger partial charge in [-0.25, -0.2) is 9.37 Å². The van der Waals surface area contributed by atoms with Crippen LogP contribution in [0.5, 0.6) is 5.75 Å². The molecule has 4 nitrogen and oxygen atoms in total. The van der Waals surface area contributed by atoms with Crippen LogP contribution < -0.4 is 10.3 Å². The van der Waals surface area contributed by atoms with Crippen LogP contribution in [-0.4, -0.2) is 10.9 Å². The van der Waals surface area contributed by atoms with Gasteiger partial charge >= 0.3 is 0 Å². The number of carbonyl (C=O) groups is 1. The number of aryl methyl sites for hydroxylation is 1. The highest BCUT2D eigenvalue weighted by Gasteiger charge is 2.13. The van der Waals surface area contributed by atoms with Crippen LogP contribution in [0, 0.1) is 12.7 Å². The monoisotopic (exact) mass is 430 g/mol. The number of carbonyl (C=O) groups excluding carboxylic acids is 1. The van der Waals surface area contributed by atoms with E-state index in [1.807, 2.05) is 36.4 Å². The first-order valence-corrected chi connectivity index (χ1v) is 10.0. The first-order chi connectivity index (χ1) is 15.5. The lowest BCUT2D eigenvalue weighted by Crippen LogP contribution is -2.15. The first-order valence-electron chi connectivity index (χ1n) is 10.0. The fraction of sp³-hybridized carbons (Fsp3) is 0.0769. The second kappa shape index (κ2) is 9.39. The molecule has 3 aromatic carbocycles. The van der Waals surface area contributed by atoms with Crippen LogP contribution in [-0.2, 0) is 11.4 Å². The number of nitrogens with zero attached hydrogens (tertiary/aromatic N) is 1. The predicted octanol–water partition coefficient (Wildman–Crippen LogP) is 5.80.